The van der Waals surface area contributed by atoms with E-state index in [0.29, 0.717) is 0 Å². The molecule has 0 amide bonds. The summed E-state index contributed by atoms with van der Waals surface area (Å²) >= 11 is 0. The highest BCUT2D eigenvalue weighted by Gasteiger charge is 2.32. The Hall–Kier alpha value is -0.0800. The van der Waals surface area contributed by atoms with Crippen molar-refractivity contribution in [3.05, 3.63) is 0 Å². The molecule has 3 atom stereocenters. The van der Waals surface area contributed by atoms with Gasteiger partial charge in [0.25, 0.3) is 0 Å². The molecule has 0 spiro atoms. The fourth-order valence-corrected chi connectivity index (χ4v) is 5.04. The molecule has 0 bridgehead atoms. The average Bonchev–Trinajstić information content (AvgIpc) is 3.09. The molecule has 3 fully saturated rings. The molecule has 20 heavy (non-hydrogen) atoms. The van der Waals surface area contributed by atoms with Crippen molar-refractivity contribution in [3.63, 3.8) is 0 Å². The first kappa shape index (κ1) is 14.8. The molecule has 3 unspecified atom stereocenters. The highest BCUT2D eigenvalue weighted by atomic mass is 15.2. The van der Waals surface area contributed by atoms with E-state index in [1.807, 2.05) is 0 Å². The van der Waals surface area contributed by atoms with Crippen LogP contribution in [-0.2, 0) is 0 Å². The third kappa shape index (κ3) is 3.76. The Morgan fingerprint density at radius 1 is 0.950 bits per heavy atom. The third-order valence-corrected chi connectivity index (χ3v) is 6.13. The Morgan fingerprint density at radius 2 is 1.80 bits per heavy atom. The highest BCUT2D eigenvalue weighted by molar-refractivity contribution is 4.88. The maximum Gasteiger partial charge on any atom is 0.0124 e. The zero-order valence-electron chi connectivity index (χ0n) is 13.4. The lowest BCUT2D eigenvalue weighted by molar-refractivity contribution is 0.185. The molecule has 3 rings (SSSR count). The first-order valence-corrected chi connectivity index (χ1v) is 9.30. The predicted octanol–water partition coefficient (Wildman–Crippen LogP) is 3.81. The Morgan fingerprint density at radius 3 is 2.60 bits per heavy atom. The van der Waals surface area contributed by atoms with Gasteiger partial charge in [-0.25, -0.2) is 0 Å². The average molecular weight is 278 g/mol. The van der Waals surface area contributed by atoms with Crippen LogP contribution >= 0.6 is 0 Å². The molecule has 2 aliphatic carbocycles. The van der Waals surface area contributed by atoms with E-state index in [-0.39, 0.29) is 0 Å². The fourth-order valence-electron chi connectivity index (χ4n) is 5.04. The summed E-state index contributed by atoms with van der Waals surface area (Å²) in [4.78, 5) is 2.81. The van der Waals surface area contributed by atoms with Gasteiger partial charge in [-0.2, -0.15) is 0 Å². The van der Waals surface area contributed by atoms with Gasteiger partial charge in [0.05, 0.1) is 0 Å². The highest BCUT2D eigenvalue weighted by Crippen LogP contribution is 2.35. The SMILES string of the molecule is CC1CCCC(NCCN2CCCC2C2CCCC2)C1. The second-order valence-corrected chi connectivity index (χ2v) is 7.71. The monoisotopic (exact) mass is 278 g/mol. The van der Waals surface area contributed by atoms with Crippen molar-refractivity contribution < 1.29 is 0 Å². The van der Waals surface area contributed by atoms with Crippen molar-refractivity contribution in [2.75, 3.05) is 19.6 Å². The van der Waals surface area contributed by atoms with Crippen LogP contribution in [0.1, 0.15) is 71.1 Å². The summed E-state index contributed by atoms with van der Waals surface area (Å²) in [6.07, 6.45) is 14.6. The standard InChI is InChI=1S/C18H34N2/c1-15-6-4-9-17(14-15)19-11-13-20-12-5-10-18(20)16-7-2-3-8-16/h15-19H,2-14H2,1H3. The molecule has 0 aromatic heterocycles. The number of rotatable bonds is 5. The smallest absolute Gasteiger partial charge is 0.0124 e. The predicted molar refractivity (Wildman–Crippen MR) is 86.0 cm³/mol. The van der Waals surface area contributed by atoms with Crippen molar-refractivity contribution in [1.82, 2.24) is 10.2 Å². The van der Waals surface area contributed by atoms with E-state index in [1.54, 1.807) is 0 Å². The summed E-state index contributed by atoms with van der Waals surface area (Å²) in [5.74, 6) is 1.98. The Labute approximate surface area is 125 Å². The minimum atomic E-state index is 0.811. The van der Waals surface area contributed by atoms with Crippen LogP contribution in [0.4, 0.5) is 0 Å². The number of nitrogens with zero attached hydrogens (tertiary/aromatic N) is 1. The van der Waals surface area contributed by atoms with Crippen LogP contribution in [0.25, 0.3) is 0 Å². The summed E-state index contributed by atoms with van der Waals surface area (Å²) in [6.45, 7) is 6.31. The van der Waals surface area contributed by atoms with Crippen LogP contribution in [0.3, 0.4) is 0 Å². The van der Waals surface area contributed by atoms with Crippen LogP contribution < -0.4 is 5.32 Å². The number of likely N-dealkylation sites (tertiary alicyclic amines) is 1. The van der Waals surface area contributed by atoms with Gasteiger partial charge in [0.1, 0.15) is 0 Å². The first-order chi connectivity index (χ1) is 9.83. The van der Waals surface area contributed by atoms with Gasteiger partial charge >= 0.3 is 0 Å². The summed E-state index contributed by atoms with van der Waals surface area (Å²) in [6, 6.07) is 1.75. The summed E-state index contributed by atoms with van der Waals surface area (Å²) in [5.41, 5.74) is 0. The molecule has 2 nitrogen and oxygen atoms in total. The molecule has 1 N–H and O–H groups in total. The summed E-state index contributed by atoms with van der Waals surface area (Å²) in [7, 11) is 0. The van der Waals surface area contributed by atoms with Crippen LogP contribution in [0.15, 0.2) is 0 Å². The number of hydrogen-bond acceptors (Lipinski definition) is 2. The fraction of sp³-hybridized carbons (Fsp3) is 1.00. The van der Waals surface area contributed by atoms with E-state index in [1.165, 1.54) is 83.8 Å². The zero-order chi connectivity index (χ0) is 13.8. The number of hydrogen-bond donors (Lipinski definition) is 1. The lowest BCUT2D eigenvalue weighted by Crippen LogP contribution is -2.42. The maximum absolute atomic E-state index is 3.85. The van der Waals surface area contributed by atoms with E-state index < -0.39 is 0 Å². The second-order valence-electron chi connectivity index (χ2n) is 7.71. The van der Waals surface area contributed by atoms with Gasteiger partial charge in [-0.15, -0.1) is 0 Å². The van der Waals surface area contributed by atoms with Crippen LogP contribution in [0.2, 0.25) is 0 Å². The van der Waals surface area contributed by atoms with Crippen molar-refractivity contribution in [2.45, 2.75) is 83.2 Å². The van der Waals surface area contributed by atoms with Crippen LogP contribution in [0, 0.1) is 11.8 Å². The summed E-state index contributed by atoms with van der Waals surface area (Å²) < 4.78 is 0. The minimum Gasteiger partial charge on any atom is -0.313 e. The molecular weight excluding hydrogens is 244 g/mol. The lowest BCUT2D eigenvalue weighted by Gasteiger charge is -2.31. The minimum absolute atomic E-state index is 0.811. The Bertz CT molecular complexity index is 285. The molecule has 3 aliphatic rings. The number of nitrogens with one attached hydrogen (secondary N) is 1. The first-order valence-electron chi connectivity index (χ1n) is 9.30. The van der Waals surface area contributed by atoms with Gasteiger partial charge in [-0.1, -0.05) is 32.6 Å². The molecule has 0 radical (unpaired) electrons. The molecule has 0 aromatic rings. The normalized spacial score (nSPS) is 36.8. The van der Waals surface area contributed by atoms with Gasteiger partial charge in [0.15, 0.2) is 0 Å². The molecule has 0 aromatic carbocycles. The maximum atomic E-state index is 3.85. The van der Waals surface area contributed by atoms with Crippen molar-refractivity contribution in [3.8, 4) is 0 Å². The third-order valence-electron chi connectivity index (χ3n) is 6.13. The van der Waals surface area contributed by atoms with E-state index in [2.05, 4.69) is 17.1 Å². The van der Waals surface area contributed by atoms with Gasteiger partial charge < -0.3 is 5.32 Å². The van der Waals surface area contributed by atoms with Crippen molar-refractivity contribution >= 4 is 0 Å². The molecule has 2 heteroatoms. The van der Waals surface area contributed by atoms with Gasteiger partial charge in [-0.3, -0.25) is 4.90 Å². The molecular formula is C18H34N2. The van der Waals surface area contributed by atoms with Crippen LogP contribution in [0.5, 0.6) is 0 Å². The molecule has 1 heterocycles. The topological polar surface area (TPSA) is 15.3 Å². The Balaban J connectivity index is 1.38. The quantitative estimate of drug-likeness (QED) is 0.822. The second kappa shape index (κ2) is 7.26. The molecule has 2 saturated carbocycles. The molecule has 116 valence electrons. The van der Waals surface area contributed by atoms with E-state index in [9.17, 15) is 0 Å². The molecule has 1 aliphatic heterocycles. The zero-order valence-corrected chi connectivity index (χ0v) is 13.4. The van der Waals surface area contributed by atoms with Gasteiger partial charge in [0.2, 0.25) is 0 Å². The van der Waals surface area contributed by atoms with E-state index in [4.69, 9.17) is 0 Å². The Kier molecular flexibility index (Phi) is 5.39. The van der Waals surface area contributed by atoms with Gasteiger partial charge in [-0.05, 0) is 56.9 Å². The van der Waals surface area contributed by atoms with E-state index >= 15 is 0 Å². The lowest BCUT2D eigenvalue weighted by atomic mass is 9.87. The van der Waals surface area contributed by atoms with Crippen LogP contribution in [-0.4, -0.2) is 36.6 Å². The molecule has 1 saturated heterocycles. The summed E-state index contributed by atoms with van der Waals surface area (Å²) in [5, 5.41) is 3.85. The van der Waals surface area contributed by atoms with Gasteiger partial charge in [0, 0.05) is 25.2 Å². The van der Waals surface area contributed by atoms with E-state index in [0.717, 1.165) is 23.9 Å². The van der Waals surface area contributed by atoms with Crippen molar-refractivity contribution in [2.24, 2.45) is 11.8 Å². The largest absolute Gasteiger partial charge is 0.313 e. The van der Waals surface area contributed by atoms with Crippen molar-refractivity contribution in [1.29, 1.82) is 0 Å².